The number of carboxylic acids is 1. The second-order valence-corrected chi connectivity index (χ2v) is 5.65. The van der Waals surface area contributed by atoms with Gasteiger partial charge in [-0.3, -0.25) is 9.59 Å². The van der Waals surface area contributed by atoms with Gasteiger partial charge in [0.1, 0.15) is 11.4 Å². The van der Waals surface area contributed by atoms with E-state index in [9.17, 15) is 14.7 Å². The number of methoxy groups -OCH3 is 1. The third-order valence-electron chi connectivity index (χ3n) is 2.79. The topological polar surface area (TPSA) is 98.9 Å². The third-order valence-corrected chi connectivity index (χ3v) is 2.79. The van der Waals surface area contributed by atoms with Gasteiger partial charge in [0, 0.05) is 0 Å². The molecule has 116 valence electrons. The number of carbonyl (C=O) groups is 2. The van der Waals surface area contributed by atoms with Crippen LogP contribution in [0.5, 0.6) is 5.75 Å². The van der Waals surface area contributed by atoms with Gasteiger partial charge < -0.3 is 20.3 Å². The predicted octanol–water partition coefficient (Wildman–Crippen LogP) is 1.74. The van der Waals surface area contributed by atoms with Crippen molar-refractivity contribution in [2.24, 2.45) is 11.7 Å². The molecule has 1 aromatic carbocycles. The van der Waals surface area contributed by atoms with Crippen LogP contribution in [0.3, 0.4) is 0 Å². The molecule has 0 aromatic heterocycles. The van der Waals surface area contributed by atoms with E-state index in [0.29, 0.717) is 11.3 Å². The molecule has 0 aliphatic carbocycles. The van der Waals surface area contributed by atoms with E-state index in [0.717, 1.165) is 0 Å². The molecule has 2 atom stereocenters. The zero-order valence-corrected chi connectivity index (χ0v) is 12.6. The zero-order chi connectivity index (χ0) is 16.2. The van der Waals surface area contributed by atoms with Crippen molar-refractivity contribution >= 4 is 11.9 Å². The normalized spacial score (nSPS) is 14.1. The number of carboxylic acid groups (broad SMARTS) is 1. The summed E-state index contributed by atoms with van der Waals surface area (Å²) in [4.78, 5) is 23.4. The maximum Gasteiger partial charge on any atom is 0.322 e. The Morgan fingerprint density at radius 3 is 2.10 bits per heavy atom. The summed E-state index contributed by atoms with van der Waals surface area (Å²) < 4.78 is 10.1. The first-order valence-corrected chi connectivity index (χ1v) is 6.51. The summed E-state index contributed by atoms with van der Waals surface area (Å²) in [5.74, 6) is -3.00. The Morgan fingerprint density at radius 1 is 1.19 bits per heavy atom. The Morgan fingerprint density at radius 2 is 1.71 bits per heavy atom. The average Bonchev–Trinajstić information content (AvgIpc) is 2.36. The largest absolute Gasteiger partial charge is 0.497 e. The standard InChI is InChI=1S/C15H21NO5/c1-15(2,3)21-14(19)11(13(17)18)12(16)9-5-7-10(20-4)8-6-9/h5-8,11-12H,16H2,1-4H3,(H,17,18)/t11-,12?/m0/s1. The molecular formula is C15H21NO5. The minimum Gasteiger partial charge on any atom is -0.497 e. The van der Waals surface area contributed by atoms with E-state index in [-0.39, 0.29) is 0 Å². The van der Waals surface area contributed by atoms with E-state index >= 15 is 0 Å². The fourth-order valence-electron chi connectivity index (χ4n) is 1.78. The Labute approximate surface area is 123 Å². The van der Waals surface area contributed by atoms with Gasteiger partial charge in [-0.2, -0.15) is 0 Å². The first-order chi connectivity index (χ1) is 9.65. The number of ether oxygens (including phenoxy) is 2. The molecule has 21 heavy (non-hydrogen) atoms. The highest BCUT2D eigenvalue weighted by Gasteiger charge is 2.37. The molecule has 0 heterocycles. The maximum atomic E-state index is 12.0. The van der Waals surface area contributed by atoms with Crippen molar-refractivity contribution in [3.63, 3.8) is 0 Å². The monoisotopic (exact) mass is 295 g/mol. The number of benzene rings is 1. The van der Waals surface area contributed by atoms with Crippen molar-refractivity contribution in [3.8, 4) is 5.75 Å². The van der Waals surface area contributed by atoms with Gasteiger partial charge >= 0.3 is 11.9 Å². The van der Waals surface area contributed by atoms with Crippen LogP contribution in [0, 0.1) is 5.92 Å². The van der Waals surface area contributed by atoms with E-state index in [1.54, 1.807) is 45.0 Å². The van der Waals surface area contributed by atoms with Gasteiger partial charge in [0.15, 0.2) is 5.92 Å². The molecule has 1 unspecified atom stereocenters. The highest BCUT2D eigenvalue weighted by atomic mass is 16.6. The van der Waals surface area contributed by atoms with E-state index in [2.05, 4.69) is 0 Å². The Kier molecular flexibility index (Phi) is 5.32. The number of rotatable bonds is 5. The lowest BCUT2D eigenvalue weighted by Crippen LogP contribution is -2.39. The first-order valence-electron chi connectivity index (χ1n) is 6.51. The highest BCUT2D eigenvalue weighted by Crippen LogP contribution is 2.25. The minimum atomic E-state index is -1.46. The Bertz CT molecular complexity index is 504. The van der Waals surface area contributed by atoms with Gasteiger partial charge in [0.25, 0.3) is 0 Å². The van der Waals surface area contributed by atoms with Crippen LogP contribution in [-0.2, 0) is 14.3 Å². The summed E-state index contributed by atoms with van der Waals surface area (Å²) in [6, 6.07) is 5.57. The summed E-state index contributed by atoms with van der Waals surface area (Å²) in [6.07, 6.45) is 0. The number of hydrogen-bond acceptors (Lipinski definition) is 5. The lowest BCUT2D eigenvalue weighted by atomic mass is 9.93. The molecular weight excluding hydrogens is 274 g/mol. The smallest absolute Gasteiger partial charge is 0.322 e. The van der Waals surface area contributed by atoms with Crippen LogP contribution >= 0.6 is 0 Å². The SMILES string of the molecule is COc1ccc(C(N)[C@@H](C(=O)O)C(=O)OC(C)(C)C)cc1. The quantitative estimate of drug-likeness (QED) is 0.634. The van der Waals surface area contributed by atoms with Gasteiger partial charge in [-0.1, -0.05) is 12.1 Å². The van der Waals surface area contributed by atoms with Gasteiger partial charge in [-0.05, 0) is 38.5 Å². The third kappa shape index (κ3) is 4.75. The second kappa shape index (κ2) is 6.58. The maximum absolute atomic E-state index is 12.0. The number of carbonyl (C=O) groups excluding carboxylic acids is 1. The molecule has 6 nitrogen and oxygen atoms in total. The second-order valence-electron chi connectivity index (χ2n) is 5.65. The summed E-state index contributed by atoms with van der Waals surface area (Å²) >= 11 is 0. The molecule has 6 heteroatoms. The lowest BCUT2D eigenvalue weighted by Gasteiger charge is -2.25. The fourth-order valence-corrected chi connectivity index (χ4v) is 1.78. The van der Waals surface area contributed by atoms with Crippen molar-refractivity contribution in [3.05, 3.63) is 29.8 Å². The van der Waals surface area contributed by atoms with Crippen LogP contribution in [0.4, 0.5) is 0 Å². The molecule has 0 aliphatic rings. The molecule has 0 amide bonds. The van der Waals surface area contributed by atoms with Crippen LogP contribution < -0.4 is 10.5 Å². The van der Waals surface area contributed by atoms with E-state index in [1.165, 1.54) is 7.11 Å². The van der Waals surface area contributed by atoms with Crippen LogP contribution in [0.25, 0.3) is 0 Å². The van der Waals surface area contributed by atoms with Gasteiger partial charge in [-0.25, -0.2) is 0 Å². The van der Waals surface area contributed by atoms with Crippen LogP contribution in [0.1, 0.15) is 32.4 Å². The zero-order valence-electron chi connectivity index (χ0n) is 12.6. The Hall–Kier alpha value is -2.08. The molecule has 0 bridgehead atoms. The molecule has 0 saturated carbocycles. The van der Waals surface area contributed by atoms with Crippen LogP contribution in [0.2, 0.25) is 0 Å². The van der Waals surface area contributed by atoms with Crippen molar-refractivity contribution < 1.29 is 24.2 Å². The molecule has 0 spiro atoms. The van der Waals surface area contributed by atoms with Crippen molar-refractivity contribution in [2.45, 2.75) is 32.4 Å². The van der Waals surface area contributed by atoms with Crippen molar-refractivity contribution in [1.82, 2.24) is 0 Å². The van der Waals surface area contributed by atoms with Crippen LogP contribution in [0.15, 0.2) is 24.3 Å². The molecule has 1 rings (SSSR count). The van der Waals surface area contributed by atoms with Crippen LogP contribution in [-0.4, -0.2) is 29.8 Å². The van der Waals surface area contributed by atoms with Gasteiger partial charge in [0.2, 0.25) is 0 Å². The minimum absolute atomic E-state index is 0.522. The predicted molar refractivity (Wildman–Crippen MR) is 76.9 cm³/mol. The molecule has 0 radical (unpaired) electrons. The molecule has 1 aromatic rings. The Balaban J connectivity index is 2.98. The summed E-state index contributed by atoms with van der Waals surface area (Å²) in [5.41, 5.74) is 5.68. The number of nitrogens with two attached hydrogens (primary N) is 1. The van der Waals surface area contributed by atoms with Crippen molar-refractivity contribution in [2.75, 3.05) is 7.11 Å². The lowest BCUT2D eigenvalue weighted by molar-refractivity contribution is -0.167. The number of hydrogen-bond donors (Lipinski definition) is 2. The fraction of sp³-hybridized carbons (Fsp3) is 0.467. The van der Waals surface area contributed by atoms with Gasteiger partial charge in [0.05, 0.1) is 13.2 Å². The van der Waals surface area contributed by atoms with E-state index in [4.69, 9.17) is 15.2 Å². The highest BCUT2D eigenvalue weighted by molar-refractivity contribution is 5.95. The van der Waals surface area contributed by atoms with E-state index in [1.807, 2.05) is 0 Å². The van der Waals surface area contributed by atoms with Gasteiger partial charge in [-0.15, -0.1) is 0 Å². The molecule has 0 saturated heterocycles. The molecule has 0 aliphatic heterocycles. The number of esters is 1. The van der Waals surface area contributed by atoms with E-state index < -0.39 is 29.5 Å². The summed E-state index contributed by atoms with van der Waals surface area (Å²) in [5, 5.41) is 9.27. The van der Waals surface area contributed by atoms with Crippen molar-refractivity contribution in [1.29, 1.82) is 0 Å². The first kappa shape index (κ1) is 17.0. The number of aliphatic carboxylic acids is 1. The molecule has 0 fully saturated rings. The average molecular weight is 295 g/mol. The molecule has 3 N–H and O–H groups in total. The summed E-state index contributed by atoms with van der Waals surface area (Å²) in [7, 11) is 1.52. The summed E-state index contributed by atoms with van der Waals surface area (Å²) in [6.45, 7) is 5.01.